The summed E-state index contributed by atoms with van der Waals surface area (Å²) in [6.07, 6.45) is 2.97. The number of hydrazone groups is 1. The zero-order valence-corrected chi connectivity index (χ0v) is 11.0. The summed E-state index contributed by atoms with van der Waals surface area (Å²) >= 11 is 0. The maximum atomic E-state index is 11.4. The summed E-state index contributed by atoms with van der Waals surface area (Å²) in [6, 6.07) is 5.88. The highest BCUT2D eigenvalue weighted by Gasteiger charge is 2.05. The number of benzene rings is 1. The predicted molar refractivity (Wildman–Crippen MR) is 78.8 cm³/mol. The smallest absolute Gasteiger partial charge is 0.290 e. The highest BCUT2D eigenvalue weighted by Crippen LogP contribution is 2.14. The molecule has 0 saturated carbocycles. The second-order valence-corrected chi connectivity index (χ2v) is 4.27. The van der Waals surface area contributed by atoms with E-state index >= 15 is 0 Å². The molecule has 0 saturated heterocycles. The van der Waals surface area contributed by atoms with Crippen molar-refractivity contribution in [2.24, 2.45) is 5.10 Å². The molecule has 0 fully saturated rings. The van der Waals surface area contributed by atoms with Crippen LogP contribution in [0.4, 0.5) is 11.5 Å². The van der Waals surface area contributed by atoms with Gasteiger partial charge in [0.15, 0.2) is 5.65 Å². The monoisotopic (exact) mass is 299 g/mol. The van der Waals surface area contributed by atoms with Crippen molar-refractivity contribution >= 4 is 28.8 Å². The predicted octanol–water partition coefficient (Wildman–Crippen LogP) is 1.00. The molecule has 3 aromatic rings. The topological polar surface area (TPSA) is 142 Å². The third kappa shape index (κ3) is 2.65. The molecule has 3 rings (SSSR count). The molecule has 0 aliphatic carbocycles. The summed E-state index contributed by atoms with van der Waals surface area (Å²) in [5, 5.41) is 21.5. The molecular weight excluding hydrogens is 290 g/mol. The van der Waals surface area contributed by atoms with E-state index in [0.29, 0.717) is 22.4 Å². The van der Waals surface area contributed by atoms with Crippen molar-refractivity contribution in [2.75, 3.05) is 5.43 Å². The number of nitro benzene ring substituents is 1. The molecule has 0 unspecified atom stereocenters. The molecule has 1 aromatic carbocycles. The fourth-order valence-corrected chi connectivity index (χ4v) is 1.79. The highest BCUT2D eigenvalue weighted by atomic mass is 16.6. The van der Waals surface area contributed by atoms with E-state index in [1.807, 2.05) is 0 Å². The van der Waals surface area contributed by atoms with Crippen LogP contribution in [-0.2, 0) is 0 Å². The summed E-state index contributed by atoms with van der Waals surface area (Å²) in [7, 11) is 0. The van der Waals surface area contributed by atoms with Crippen molar-refractivity contribution in [2.45, 2.75) is 0 Å². The second kappa shape index (κ2) is 5.44. The van der Waals surface area contributed by atoms with Gasteiger partial charge in [-0.05, 0) is 17.7 Å². The average molecular weight is 299 g/mol. The first-order valence-electron chi connectivity index (χ1n) is 6.10. The maximum absolute atomic E-state index is 11.4. The molecule has 3 N–H and O–H groups in total. The molecule has 0 bridgehead atoms. The Morgan fingerprint density at radius 2 is 2.09 bits per heavy atom. The van der Waals surface area contributed by atoms with Crippen LogP contribution in [0.3, 0.4) is 0 Å². The van der Waals surface area contributed by atoms with Gasteiger partial charge in [-0.1, -0.05) is 0 Å². The van der Waals surface area contributed by atoms with Crippen molar-refractivity contribution in [1.29, 1.82) is 0 Å². The van der Waals surface area contributed by atoms with Crippen LogP contribution in [0.15, 0.2) is 40.4 Å². The first-order valence-corrected chi connectivity index (χ1v) is 6.10. The molecule has 0 spiro atoms. The van der Waals surface area contributed by atoms with Gasteiger partial charge in [0.25, 0.3) is 5.69 Å². The Hall–Kier alpha value is -3.56. The number of non-ortho nitro benzene ring substituents is 1. The largest absolute Gasteiger partial charge is 0.348 e. The van der Waals surface area contributed by atoms with Gasteiger partial charge in [-0.15, -0.1) is 0 Å². The van der Waals surface area contributed by atoms with Gasteiger partial charge in [0.05, 0.1) is 22.7 Å². The summed E-state index contributed by atoms with van der Waals surface area (Å²) in [6.45, 7) is 0. The minimum Gasteiger partial charge on any atom is -0.290 e. The Balaban J connectivity index is 1.80. The number of nitro groups is 1. The zero-order chi connectivity index (χ0) is 15.5. The van der Waals surface area contributed by atoms with Gasteiger partial charge in [0.1, 0.15) is 5.82 Å². The van der Waals surface area contributed by atoms with E-state index in [1.54, 1.807) is 12.1 Å². The van der Waals surface area contributed by atoms with Gasteiger partial charge in [0, 0.05) is 12.1 Å². The molecule has 22 heavy (non-hydrogen) atoms. The van der Waals surface area contributed by atoms with Crippen LogP contribution in [0.5, 0.6) is 0 Å². The lowest BCUT2D eigenvalue weighted by Crippen LogP contribution is -2.12. The third-order valence-corrected chi connectivity index (χ3v) is 2.83. The Bertz CT molecular complexity index is 910. The van der Waals surface area contributed by atoms with Crippen LogP contribution in [0.1, 0.15) is 5.56 Å². The van der Waals surface area contributed by atoms with Gasteiger partial charge in [-0.3, -0.25) is 25.6 Å². The van der Waals surface area contributed by atoms with Crippen molar-refractivity contribution < 1.29 is 4.92 Å². The standard InChI is InChI=1S/C12H9N7O3/c20-12-15-10(9-6-14-18-11(9)16-12)17-13-5-7-1-3-8(4-2-7)19(21)22/h1-6H,(H3,14,15,16,17,18,20). The van der Waals surface area contributed by atoms with Crippen LogP contribution in [0.2, 0.25) is 0 Å². The average Bonchev–Trinajstić information content (AvgIpc) is 2.96. The molecule has 2 aromatic heterocycles. The zero-order valence-electron chi connectivity index (χ0n) is 11.0. The Morgan fingerprint density at radius 3 is 2.82 bits per heavy atom. The van der Waals surface area contributed by atoms with E-state index in [9.17, 15) is 14.9 Å². The number of H-pyrrole nitrogens is 2. The van der Waals surface area contributed by atoms with Crippen molar-refractivity contribution in [3.8, 4) is 0 Å². The maximum Gasteiger partial charge on any atom is 0.348 e. The number of hydrogen-bond donors (Lipinski definition) is 3. The third-order valence-electron chi connectivity index (χ3n) is 2.83. The number of anilines is 1. The molecule has 0 amide bonds. The molecule has 0 aliphatic heterocycles. The van der Waals surface area contributed by atoms with Gasteiger partial charge in [-0.2, -0.15) is 15.2 Å². The molecule has 110 valence electrons. The van der Waals surface area contributed by atoms with Crippen LogP contribution >= 0.6 is 0 Å². The fraction of sp³-hybridized carbons (Fsp3) is 0. The number of nitrogens with zero attached hydrogens (tertiary/aromatic N) is 4. The van der Waals surface area contributed by atoms with Crippen molar-refractivity contribution in [3.05, 3.63) is 56.6 Å². The SMILES string of the molecule is O=c1nc2[nH]ncc2c(NN=Cc2ccc([N+](=O)[O-])cc2)[nH]1. The number of rotatable bonds is 4. The number of aromatic nitrogens is 4. The van der Waals surface area contributed by atoms with E-state index in [2.05, 4.69) is 30.7 Å². The number of aromatic amines is 2. The summed E-state index contributed by atoms with van der Waals surface area (Å²) in [5.74, 6) is 0.349. The van der Waals surface area contributed by atoms with E-state index in [1.165, 1.54) is 24.5 Å². The molecule has 0 aliphatic rings. The lowest BCUT2D eigenvalue weighted by atomic mass is 10.2. The molecule has 0 atom stereocenters. The van der Waals surface area contributed by atoms with Crippen LogP contribution in [-0.4, -0.2) is 31.3 Å². The first kappa shape index (κ1) is 13.4. The summed E-state index contributed by atoms with van der Waals surface area (Å²) in [4.78, 5) is 27.7. The first-order chi connectivity index (χ1) is 10.6. The molecule has 10 heteroatoms. The number of hydrogen-bond acceptors (Lipinski definition) is 7. The Labute approximate surface area is 122 Å². The summed E-state index contributed by atoms with van der Waals surface area (Å²) in [5.41, 5.74) is 3.16. The number of fused-ring (bicyclic) bond motifs is 1. The molecule has 10 nitrogen and oxygen atoms in total. The van der Waals surface area contributed by atoms with Crippen LogP contribution in [0.25, 0.3) is 11.0 Å². The van der Waals surface area contributed by atoms with Crippen molar-refractivity contribution in [1.82, 2.24) is 20.2 Å². The number of nitrogens with one attached hydrogen (secondary N) is 3. The van der Waals surface area contributed by atoms with Gasteiger partial charge in [0.2, 0.25) is 0 Å². The quantitative estimate of drug-likeness (QED) is 0.372. The van der Waals surface area contributed by atoms with E-state index in [-0.39, 0.29) is 5.69 Å². The van der Waals surface area contributed by atoms with Gasteiger partial charge < -0.3 is 0 Å². The summed E-state index contributed by atoms with van der Waals surface area (Å²) < 4.78 is 0. The van der Waals surface area contributed by atoms with Crippen LogP contribution < -0.4 is 11.1 Å². The second-order valence-electron chi connectivity index (χ2n) is 4.27. The Morgan fingerprint density at radius 1 is 1.32 bits per heavy atom. The fourth-order valence-electron chi connectivity index (χ4n) is 1.79. The molecule has 2 heterocycles. The minimum atomic E-state index is -0.537. The normalized spacial score (nSPS) is 11.1. The lowest BCUT2D eigenvalue weighted by Gasteiger charge is -2.00. The highest BCUT2D eigenvalue weighted by molar-refractivity contribution is 5.86. The molecular formula is C12H9N7O3. The van der Waals surface area contributed by atoms with E-state index in [4.69, 9.17) is 0 Å². The van der Waals surface area contributed by atoms with Gasteiger partial charge in [-0.25, -0.2) is 4.79 Å². The van der Waals surface area contributed by atoms with Crippen molar-refractivity contribution in [3.63, 3.8) is 0 Å². The lowest BCUT2D eigenvalue weighted by molar-refractivity contribution is -0.384. The van der Waals surface area contributed by atoms with E-state index in [0.717, 1.165) is 0 Å². The van der Waals surface area contributed by atoms with Crippen LogP contribution in [0, 0.1) is 10.1 Å². The Kier molecular flexibility index (Phi) is 3.32. The minimum absolute atomic E-state index is 0.00341. The van der Waals surface area contributed by atoms with E-state index < -0.39 is 10.6 Å². The molecule has 0 radical (unpaired) electrons. The van der Waals surface area contributed by atoms with Gasteiger partial charge >= 0.3 is 5.69 Å².